The molecule has 0 fully saturated rings. The number of aryl methyl sites for hydroxylation is 1. The summed E-state index contributed by atoms with van der Waals surface area (Å²) in [6.07, 6.45) is 1.57. The predicted molar refractivity (Wildman–Crippen MR) is 55.2 cm³/mol. The highest BCUT2D eigenvalue weighted by molar-refractivity contribution is 5.23. The number of hydrogen-bond acceptors (Lipinski definition) is 3. The highest BCUT2D eigenvalue weighted by Crippen LogP contribution is 1.98. The molecule has 1 N–H and O–H groups in total. The van der Waals surface area contributed by atoms with Gasteiger partial charge in [0, 0.05) is 24.0 Å². The summed E-state index contributed by atoms with van der Waals surface area (Å²) in [7, 11) is 0. The minimum Gasteiger partial charge on any atom is -0.310 e. The molecule has 0 aliphatic rings. The first-order chi connectivity index (χ1) is 7.16. The predicted octanol–water partition coefficient (Wildman–Crippen LogP) is 0.229. The van der Waals surface area contributed by atoms with Crippen molar-refractivity contribution in [2.24, 2.45) is 0 Å². The summed E-state index contributed by atoms with van der Waals surface area (Å²) in [5, 5.41) is 0. The van der Waals surface area contributed by atoms with Crippen LogP contribution in [-0.4, -0.2) is 14.5 Å². The molecule has 0 aliphatic heterocycles. The third-order valence-corrected chi connectivity index (χ3v) is 1.94. The minimum absolute atomic E-state index is 0.213. The van der Waals surface area contributed by atoms with Gasteiger partial charge in [-0.15, -0.1) is 0 Å². The van der Waals surface area contributed by atoms with Crippen molar-refractivity contribution >= 4 is 0 Å². The van der Waals surface area contributed by atoms with E-state index in [4.69, 9.17) is 0 Å². The fourth-order valence-corrected chi connectivity index (χ4v) is 1.30. The summed E-state index contributed by atoms with van der Waals surface area (Å²) in [6, 6.07) is 6.40. The highest BCUT2D eigenvalue weighted by Gasteiger charge is 2.01. The molecule has 0 amide bonds. The monoisotopic (exact) mass is 203 g/mol. The Bertz CT molecular complexity index is 598. The smallest absolute Gasteiger partial charge is 0.310 e. The molecule has 0 spiro atoms. The van der Waals surface area contributed by atoms with Gasteiger partial charge in [-0.1, -0.05) is 6.07 Å². The Kier molecular flexibility index (Phi) is 2.21. The molecule has 0 saturated heterocycles. The van der Waals surface area contributed by atoms with Gasteiger partial charge in [0.05, 0.1) is 0 Å². The van der Waals surface area contributed by atoms with Crippen molar-refractivity contribution < 1.29 is 0 Å². The molecule has 15 heavy (non-hydrogen) atoms. The van der Waals surface area contributed by atoms with Crippen LogP contribution in [0.5, 0.6) is 0 Å². The maximum Gasteiger partial charge on any atom is 0.347 e. The van der Waals surface area contributed by atoms with E-state index in [2.05, 4.69) is 9.97 Å². The second-order valence-corrected chi connectivity index (χ2v) is 3.14. The number of hydrogen-bond donors (Lipinski definition) is 1. The highest BCUT2D eigenvalue weighted by atomic mass is 16.1. The minimum atomic E-state index is -0.458. The Morgan fingerprint density at radius 1 is 1.33 bits per heavy atom. The zero-order valence-electron chi connectivity index (χ0n) is 8.10. The van der Waals surface area contributed by atoms with Gasteiger partial charge < -0.3 is 4.98 Å². The van der Waals surface area contributed by atoms with E-state index in [-0.39, 0.29) is 5.56 Å². The average molecular weight is 203 g/mol. The van der Waals surface area contributed by atoms with Gasteiger partial charge in [0.25, 0.3) is 5.56 Å². The number of rotatable bonds is 1. The average Bonchev–Trinajstić information content (AvgIpc) is 2.16. The van der Waals surface area contributed by atoms with Crippen LogP contribution in [-0.2, 0) is 0 Å². The van der Waals surface area contributed by atoms with E-state index in [9.17, 15) is 9.59 Å². The quantitative estimate of drug-likeness (QED) is 0.721. The van der Waals surface area contributed by atoms with Crippen LogP contribution in [0.1, 0.15) is 5.69 Å². The summed E-state index contributed by atoms with van der Waals surface area (Å²) >= 11 is 0. The van der Waals surface area contributed by atoms with Crippen LogP contribution in [0.2, 0.25) is 0 Å². The standard InChI is InChI=1S/C10H9N3O2/c1-7-6-8(12-10(15)11-7)13-5-3-2-4-9(13)14/h2-6H,1H3,(H,11,12,15). The van der Waals surface area contributed by atoms with Crippen molar-refractivity contribution in [3.05, 3.63) is 57.0 Å². The largest absolute Gasteiger partial charge is 0.347 e. The van der Waals surface area contributed by atoms with E-state index < -0.39 is 5.69 Å². The first-order valence-electron chi connectivity index (χ1n) is 4.43. The lowest BCUT2D eigenvalue weighted by molar-refractivity contribution is 0.893. The molecule has 5 heteroatoms. The lowest BCUT2D eigenvalue weighted by Crippen LogP contribution is -2.21. The second kappa shape index (κ2) is 3.53. The van der Waals surface area contributed by atoms with Gasteiger partial charge in [-0.3, -0.25) is 9.36 Å². The first kappa shape index (κ1) is 9.39. The number of H-pyrrole nitrogens is 1. The molecule has 0 unspecified atom stereocenters. The lowest BCUT2D eigenvalue weighted by Gasteiger charge is -2.03. The zero-order valence-corrected chi connectivity index (χ0v) is 8.10. The number of aromatic nitrogens is 3. The van der Waals surface area contributed by atoms with Crippen LogP contribution >= 0.6 is 0 Å². The van der Waals surface area contributed by atoms with E-state index in [0.29, 0.717) is 11.5 Å². The maximum absolute atomic E-state index is 11.5. The van der Waals surface area contributed by atoms with Crippen LogP contribution in [0.4, 0.5) is 0 Å². The molecule has 0 aliphatic carbocycles. The Balaban J connectivity index is 2.70. The molecule has 0 aromatic carbocycles. The third-order valence-electron chi connectivity index (χ3n) is 1.94. The Hall–Kier alpha value is -2.17. The molecule has 5 nitrogen and oxygen atoms in total. The SMILES string of the molecule is Cc1cc(-n2ccccc2=O)nc(=O)[nH]1. The summed E-state index contributed by atoms with van der Waals surface area (Å²) < 4.78 is 1.32. The van der Waals surface area contributed by atoms with Gasteiger partial charge in [-0.05, 0) is 13.0 Å². The van der Waals surface area contributed by atoms with Gasteiger partial charge in [-0.25, -0.2) is 4.79 Å². The van der Waals surface area contributed by atoms with Crippen molar-refractivity contribution in [2.75, 3.05) is 0 Å². The van der Waals surface area contributed by atoms with E-state index >= 15 is 0 Å². The van der Waals surface area contributed by atoms with Gasteiger partial charge in [0.15, 0.2) is 0 Å². The number of nitrogens with one attached hydrogen (secondary N) is 1. The van der Waals surface area contributed by atoms with Crippen molar-refractivity contribution in [1.82, 2.24) is 14.5 Å². The van der Waals surface area contributed by atoms with Crippen molar-refractivity contribution in [1.29, 1.82) is 0 Å². The molecule has 0 atom stereocenters. The normalized spacial score (nSPS) is 10.2. The van der Waals surface area contributed by atoms with E-state index in [1.165, 1.54) is 10.6 Å². The van der Waals surface area contributed by atoms with E-state index in [0.717, 1.165) is 0 Å². The fraction of sp³-hybridized carbons (Fsp3) is 0.100. The van der Waals surface area contributed by atoms with E-state index in [1.54, 1.807) is 31.3 Å². The molecular formula is C10H9N3O2. The zero-order chi connectivity index (χ0) is 10.8. The van der Waals surface area contributed by atoms with Crippen molar-refractivity contribution in [3.63, 3.8) is 0 Å². The molecule has 0 bridgehead atoms. The molecule has 76 valence electrons. The maximum atomic E-state index is 11.5. The fourth-order valence-electron chi connectivity index (χ4n) is 1.30. The first-order valence-corrected chi connectivity index (χ1v) is 4.43. The summed E-state index contributed by atoms with van der Waals surface area (Å²) in [4.78, 5) is 28.8. The van der Waals surface area contributed by atoms with Crippen LogP contribution in [0.25, 0.3) is 5.82 Å². The summed E-state index contributed by atoms with van der Waals surface area (Å²) in [6.45, 7) is 1.74. The van der Waals surface area contributed by atoms with Gasteiger partial charge in [0.1, 0.15) is 5.82 Å². The summed E-state index contributed by atoms with van der Waals surface area (Å²) in [5.74, 6) is 0.335. The van der Waals surface area contributed by atoms with Crippen LogP contribution in [0.15, 0.2) is 40.1 Å². The van der Waals surface area contributed by atoms with Crippen molar-refractivity contribution in [2.45, 2.75) is 6.92 Å². The van der Waals surface area contributed by atoms with Gasteiger partial charge >= 0.3 is 5.69 Å². The number of pyridine rings is 1. The van der Waals surface area contributed by atoms with Crippen LogP contribution in [0.3, 0.4) is 0 Å². The number of aromatic amines is 1. The molecule has 2 heterocycles. The molecular weight excluding hydrogens is 194 g/mol. The summed E-state index contributed by atoms with van der Waals surface area (Å²) in [5.41, 5.74) is -0.00324. The topological polar surface area (TPSA) is 67.8 Å². The van der Waals surface area contributed by atoms with Crippen LogP contribution < -0.4 is 11.2 Å². The van der Waals surface area contributed by atoms with E-state index in [1.807, 2.05) is 0 Å². The molecule has 2 aromatic heterocycles. The Morgan fingerprint density at radius 3 is 2.80 bits per heavy atom. The molecule has 0 saturated carbocycles. The lowest BCUT2D eigenvalue weighted by atomic mass is 10.4. The molecule has 2 rings (SSSR count). The van der Waals surface area contributed by atoms with Crippen molar-refractivity contribution in [3.8, 4) is 5.82 Å². The molecule has 0 radical (unpaired) electrons. The Labute approximate surface area is 85.0 Å². The number of nitrogens with zero attached hydrogens (tertiary/aromatic N) is 2. The Morgan fingerprint density at radius 2 is 2.13 bits per heavy atom. The second-order valence-electron chi connectivity index (χ2n) is 3.14. The van der Waals surface area contributed by atoms with Gasteiger partial charge in [-0.2, -0.15) is 4.98 Å². The van der Waals surface area contributed by atoms with Crippen LogP contribution in [0, 0.1) is 6.92 Å². The third kappa shape index (κ3) is 1.85. The van der Waals surface area contributed by atoms with Gasteiger partial charge in [0.2, 0.25) is 0 Å². The molecule has 2 aromatic rings.